The Labute approximate surface area is 195 Å². The van der Waals surface area contributed by atoms with Crippen LogP contribution in [0.3, 0.4) is 0 Å². The number of aromatic nitrogens is 3. The smallest absolute Gasteiger partial charge is 0.254 e. The van der Waals surface area contributed by atoms with Gasteiger partial charge in [0.1, 0.15) is 5.82 Å². The van der Waals surface area contributed by atoms with Gasteiger partial charge in [-0.05, 0) is 70.1 Å². The Morgan fingerprint density at radius 1 is 1.03 bits per heavy atom. The predicted octanol–water partition coefficient (Wildman–Crippen LogP) is 4.76. The number of anilines is 1. The number of aryl methyl sites for hydroxylation is 2. The summed E-state index contributed by atoms with van der Waals surface area (Å²) in [4.78, 5) is 22.9. The highest BCUT2D eigenvalue weighted by Gasteiger charge is 2.31. The Hall–Kier alpha value is -3.40. The van der Waals surface area contributed by atoms with E-state index in [4.69, 9.17) is 15.3 Å². The van der Waals surface area contributed by atoms with Crippen molar-refractivity contribution in [3.63, 3.8) is 0 Å². The monoisotopic (exact) mass is 444 g/mol. The van der Waals surface area contributed by atoms with Crippen molar-refractivity contribution in [3.05, 3.63) is 58.4 Å². The topological polar surface area (TPSA) is 77.5 Å². The standard InChI is InChI=1S/C25H31N5O.CHN/c1-17-9-8-10-20(19(17)3)25(31)29-14-5-4-11-22(29)21-15-23-26-24(28-12-6-7-13-28)18(2)16-30(23)27-21;1-2/h8-10,15-16,22H,4-7,11-14H2,1-3H3;1H. The van der Waals surface area contributed by atoms with Gasteiger partial charge in [0.15, 0.2) is 5.65 Å². The Kier molecular flexibility index (Phi) is 6.64. The van der Waals surface area contributed by atoms with E-state index in [-0.39, 0.29) is 11.9 Å². The Bertz CT molecular complexity index is 1170. The van der Waals surface area contributed by atoms with Crippen molar-refractivity contribution in [2.24, 2.45) is 0 Å². The van der Waals surface area contributed by atoms with Gasteiger partial charge in [-0.3, -0.25) is 4.79 Å². The summed E-state index contributed by atoms with van der Waals surface area (Å²) in [5.74, 6) is 1.19. The average Bonchev–Trinajstić information content (AvgIpc) is 3.51. The molecule has 3 aromatic rings. The normalized spacial score (nSPS) is 18.3. The lowest BCUT2D eigenvalue weighted by molar-refractivity contribution is 0.0605. The summed E-state index contributed by atoms with van der Waals surface area (Å²) in [6, 6.07) is 8.07. The Balaban J connectivity index is 0.00000126. The average molecular weight is 445 g/mol. The van der Waals surface area contributed by atoms with Gasteiger partial charge in [-0.25, -0.2) is 14.8 Å². The molecule has 5 rings (SSSR count). The fourth-order valence-electron chi connectivity index (χ4n) is 5.05. The van der Waals surface area contributed by atoms with Crippen molar-refractivity contribution < 1.29 is 4.79 Å². The minimum Gasteiger partial charge on any atom is -0.356 e. The molecule has 0 radical (unpaired) electrons. The third-order valence-corrected chi connectivity index (χ3v) is 6.97. The predicted molar refractivity (Wildman–Crippen MR) is 129 cm³/mol. The zero-order valence-corrected chi connectivity index (χ0v) is 19.8. The van der Waals surface area contributed by atoms with Crippen LogP contribution >= 0.6 is 0 Å². The summed E-state index contributed by atoms with van der Waals surface area (Å²) in [7, 11) is 0. The first-order valence-electron chi connectivity index (χ1n) is 11.8. The first kappa shape index (κ1) is 22.8. The maximum absolute atomic E-state index is 13.5. The van der Waals surface area contributed by atoms with Crippen LogP contribution in [0.1, 0.15) is 70.9 Å². The molecule has 172 valence electrons. The molecule has 2 saturated heterocycles. The Morgan fingerprint density at radius 2 is 1.76 bits per heavy atom. The third-order valence-electron chi connectivity index (χ3n) is 6.97. The van der Waals surface area contributed by atoms with Gasteiger partial charge < -0.3 is 9.80 Å². The number of amides is 1. The van der Waals surface area contributed by atoms with Crippen LogP contribution in [0.5, 0.6) is 0 Å². The molecule has 0 N–H and O–H groups in total. The molecule has 1 unspecified atom stereocenters. The van der Waals surface area contributed by atoms with Crippen molar-refractivity contribution in [1.82, 2.24) is 19.5 Å². The van der Waals surface area contributed by atoms with Gasteiger partial charge in [-0.2, -0.15) is 5.10 Å². The molecule has 1 amide bonds. The number of likely N-dealkylation sites (tertiary alicyclic amines) is 1. The van der Waals surface area contributed by atoms with Crippen LogP contribution in [-0.4, -0.2) is 45.0 Å². The van der Waals surface area contributed by atoms with E-state index >= 15 is 0 Å². The summed E-state index contributed by atoms with van der Waals surface area (Å²) in [5, 5.41) is 11.4. The SMILES string of the molecule is C#N.Cc1cn2nc(C3CCCCN3C(=O)c3cccc(C)c3C)cc2nc1N1CCCC1. The minimum atomic E-state index is -0.00148. The van der Waals surface area contributed by atoms with E-state index in [1.807, 2.05) is 28.5 Å². The van der Waals surface area contributed by atoms with Gasteiger partial charge in [-0.1, -0.05) is 12.1 Å². The fourth-order valence-corrected chi connectivity index (χ4v) is 5.05. The van der Waals surface area contributed by atoms with Gasteiger partial charge in [0, 0.05) is 49.6 Å². The molecular formula is C26H32N6O. The molecule has 7 nitrogen and oxygen atoms in total. The number of rotatable bonds is 3. The summed E-state index contributed by atoms with van der Waals surface area (Å²) in [5.41, 5.74) is 5.99. The second-order valence-corrected chi connectivity index (χ2v) is 9.07. The molecule has 0 bridgehead atoms. The fraction of sp³-hybridized carbons (Fsp3) is 0.462. The molecule has 1 atom stereocenters. The van der Waals surface area contributed by atoms with Crippen molar-refractivity contribution >= 4 is 17.4 Å². The van der Waals surface area contributed by atoms with Gasteiger partial charge in [0.2, 0.25) is 0 Å². The van der Waals surface area contributed by atoms with E-state index in [0.29, 0.717) is 0 Å². The van der Waals surface area contributed by atoms with Crippen molar-refractivity contribution in [2.75, 3.05) is 24.5 Å². The highest BCUT2D eigenvalue weighted by atomic mass is 16.2. The molecule has 7 heteroatoms. The highest BCUT2D eigenvalue weighted by Crippen LogP contribution is 2.33. The molecular weight excluding hydrogens is 412 g/mol. The Morgan fingerprint density at radius 3 is 2.52 bits per heavy atom. The van der Waals surface area contributed by atoms with Crippen LogP contribution in [0, 0.1) is 32.6 Å². The van der Waals surface area contributed by atoms with E-state index in [0.717, 1.165) is 78.3 Å². The molecule has 0 saturated carbocycles. The highest BCUT2D eigenvalue weighted by molar-refractivity contribution is 5.96. The van der Waals surface area contributed by atoms with E-state index < -0.39 is 0 Å². The van der Waals surface area contributed by atoms with Crippen LogP contribution in [0.25, 0.3) is 5.65 Å². The van der Waals surface area contributed by atoms with E-state index in [2.05, 4.69) is 43.6 Å². The number of nitriles is 1. The second kappa shape index (κ2) is 9.62. The molecule has 2 aromatic heterocycles. The number of hydrogen-bond donors (Lipinski definition) is 0. The van der Waals surface area contributed by atoms with Crippen molar-refractivity contribution in [1.29, 1.82) is 5.26 Å². The third kappa shape index (κ3) is 4.30. The number of nitrogens with zero attached hydrogens (tertiary/aromatic N) is 6. The van der Waals surface area contributed by atoms with E-state index in [1.165, 1.54) is 12.8 Å². The zero-order valence-electron chi connectivity index (χ0n) is 19.8. The van der Waals surface area contributed by atoms with Gasteiger partial charge >= 0.3 is 0 Å². The van der Waals surface area contributed by atoms with Crippen LogP contribution in [0.4, 0.5) is 5.82 Å². The minimum absolute atomic E-state index is 0.00148. The number of hydrogen-bond acceptors (Lipinski definition) is 5. The molecule has 1 aromatic carbocycles. The van der Waals surface area contributed by atoms with Crippen molar-refractivity contribution in [2.45, 2.75) is 58.9 Å². The lowest BCUT2D eigenvalue weighted by Crippen LogP contribution is -2.39. The summed E-state index contributed by atoms with van der Waals surface area (Å²) in [6.07, 6.45) is 7.64. The molecule has 2 aliphatic heterocycles. The molecule has 2 fully saturated rings. The number of carbonyl (C=O) groups excluding carboxylic acids is 1. The quantitative estimate of drug-likeness (QED) is 0.582. The zero-order chi connectivity index (χ0) is 23.5. The maximum Gasteiger partial charge on any atom is 0.254 e. The lowest BCUT2D eigenvalue weighted by atomic mass is 9.96. The molecule has 4 heterocycles. The van der Waals surface area contributed by atoms with E-state index in [9.17, 15) is 4.79 Å². The summed E-state index contributed by atoms with van der Waals surface area (Å²) >= 11 is 0. The molecule has 0 spiro atoms. The number of carbonyl (C=O) groups is 1. The van der Waals surface area contributed by atoms with Gasteiger partial charge in [0.25, 0.3) is 5.91 Å². The number of piperidine rings is 1. The first-order valence-corrected chi connectivity index (χ1v) is 11.8. The second-order valence-electron chi connectivity index (χ2n) is 9.07. The van der Waals surface area contributed by atoms with Crippen LogP contribution in [-0.2, 0) is 0 Å². The molecule has 0 aliphatic carbocycles. The van der Waals surface area contributed by atoms with Crippen LogP contribution in [0.15, 0.2) is 30.5 Å². The molecule has 33 heavy (non-hydrogen) atoms. The van der Waals surface area contributed by atoms with Crippen molar-refractivity contribution in [3.8, 4) is 6.57 Å². The van der Waals surface area contributed by atoms with E-state index in [1.54, 1.807) is 0 Å². The van der Waals surface area contributed by atoms with Crippen LogP contribution in [0.2, 0.25) is 0 Å². The van der Waals surface area contributed by atoms with Gasteiger partial charge in [-0.15, -0.1) is 0 Å². The number of benzene rings is 1. The maximum atomic E-state index is 13.5. The number of fused-ring (bicyclic) bond motifs is 1. The lowest BCUT2D eigenvalue weighted by Gasteiger charge is -2.35. The summed E-state index contributed by atoms with van der Waals surface area (Å²) < 4.78 is 1.89. The van der Waals surface area contributed by atoms with Gasteiger partial charge in [0.05, 0.1) is 11.7 Å². The summed E-state index contributed by atoms with van der Waals surface area (Å²) in [6.45, 7) is 12.6. The first-order chi connectivity index (χ1) is 16.0. The largest absolute Gasteiger partial charge is 0.356 e. The van der Waals surface area contributed by atoms with Crippen LogP contribution < -0.4 is 4.90 Å². The molecule has 2 aliphatic rings.